The Balaban J connectivity index is 1.26. The maximum Gasteiger partial charge on any atom is 0.289 e. The average Bonchev–Trinajstić information content (AvgIpc) is 3.37. The fourth-order valence-corrected chi connectivity index (χ4v) is 4.29. The molecule has 2 fully saturated rings. The lowest BCUT2D eigenvalue weighted by Gasteiger charge is -2.42. The van der Waals surface area contributed by atoms with Crippen LogP contribution < -0.4 is 0 Å². The van der Waals surface area contributed by atoms with Gasteiger partial charge in [-0.1, -0.05) is 6.07 Å². The van der Waals surface area contributed by atoms with Crippen LogP contribution in [-0.4, -0.2) is 47.7 Å². The van der Waals surface area contributed by atoms with Crippen molar-refractivity contribution in [2.45, 2.75) is 37.9 Å². The molecule has 2 aromatic rings. The van der Waals surface area contributed by atoms with E-state index < -0.39 is 0 Å². The van der Waals surface area contributed by atoms with Crippen molar-refractivity contribution in [3.05, 3.63) is 54.2 Å². The number of piperidine rings is 1. The first kappa shape index (κ1) is 18.2. The van der Waals surface area contributed by atoms with E-state index in [1.807, 2.05) is 23.2 Å². The molecule has 0 aliphatic carbocycles. The molecule has 27 heavy (non-hydrogen) atoms. The first-order valence-corrected chi connectivity index (χ1v) is 9.70. The fraction of sp³-hybridized carbons (Fsp3) is 0.524. The number of carbonyl (C=O) groups excluding carboxylic acids is 1. The molecule has 0 radical (unpaired) electrons. The van der Waals surface area contributed by atoms with Gasteiger partial charge in [-0.05, 0) is 55.4 Å². The van der Waals surface area contributed by atoms with E-state index in [1.54, 1.807) is 24.6 Å². The van der Waals surface area contributed by atoms with Gasteiger partial charge < -0.3 is 18.8 Å². The third-order valence-electron chi connectivity index (χ3n) is 5.83. The summed E-state index contributed by atoms with van der Waals surface area (Å²) in [6, 6.07) is 7.43. The van der Waals surface area contributed by atoms with E-state index in [0.717, 1.165) is 44.5 Å². The molecule has 2 aliphatic rings. The Hall–Kier alpha value is -2.18. The molecular weight excluding hydrogens is 344 g/mol. The van der Waals surface area contributed by atoms with Crippen LogP contribution in [0.1, 0.15) is 41.8 Å². The van der Waals surface area contributed by atoms with Crippen LogP contribution in [0, 0.1) is 5.92 Å². The number of carbonyl (C=O) groups is 1. The fourth-order valence-electron chi connectivity index (χ4n) is 4.29. The third-order valence-corrected chi connectivity index (χ3v) is 5.83. The topological polar surface area (TPSA) is 64.8 Å². The number of pyridine rings is 1. The van der Waals surface area contributed by atoms with E-state index in [-0.39, 0.29) is 11.5 Å². The van der Waals surface area contributed by atoms with Gasteiger partial charge in [0, 0.05) is 38.7 Å². The number of nitrogens with zero attached hydrogens (tertiary/aromatic N) is 2. The number of likely N-dealkylation sites (tertiary alicyclic amines) is 1. The number of hydrogen-bond acceptors (Lipinski definition) is 5. The first-order chi connectivity index (χ1) is 13.3. The molecule has 2 saturated heterocycles. The highest BCUT2D eigenvalue weighted by Crippen LogP contribution is 2.42. The molecule has 0 saturated carbocycles. The SMILES string of the molecule is O=C(c1ccco1)N1CCC2(CC1)OCC[C@@H]2CCOCc1cccnc1. The van der Waals surface area contributed by atoms with Crippen molar-refractivity contribution in [2.75, 3.05) is 26.3 Å². The Bertz CT molecular complexity index is 724. The van der Waals surface area contributed by atoms with Crippen LogP contribution in [0.2, 0.25) is 0 Å². The largest absolute Gasteiger partial charge is 0.459 e. The zero-order valence-electron chi connectivity index (χ0n) is 15.5. The van der Waals surface area contributed by atoms with Gasteiger partial charge in [0.1, 0.15) is 0 Å². The van der Waals surface area contributed by atoms with E-state index >= 15 is 0 Å². The number of aromatic nitrogens is 1. The summed E-state index contributed by atoms with van der Waals surface area (Å²) < 4.78 is 17.3. The van der Waals surface area contributed by atoms with Crippen LogP contribution in [0.25, 0.3) is 0 Å². The van der Waals surface area contributed by atoms with E-state index in [1.165, 1.54) is 0 Å². The highest BCUT2D eigenvalue weighted by molar-refractivity contribution is 5.91. The van der Waals surface area contributed by atoms with Crippen LogP contribution >= 0.6 is 0 Å². The number of ether oxygens (including phenoxy) is 2. The molecule has 0 unspecified atom stereocenters. The normalized spacial score (nSPS) is 21.6. The van der Waals surface area contributed by atoms with Gasteiger partial charge >= 0.3 is 0 Å². The lowest BCUT2D eigenvalue weighted by Crippen LogP contribution is -2.49. The zero-order valence-corrected chi connectivity index (χ0v) is 15.5. The first-order valence-electron chi connectivity index (χ1n) is 9.70. The maximum atomic E-state index is 12.5. The van der Waals surface area contributed by atoms with Gasteiger partial charge in [-0.25, -0.2) is 0 Å². The van der Waals surface area contributed by atoms with E-state index in [9.17, 15) is 4.79 Å². The van der Waals surface area contributed by atoms with Crippen molar-refractivity contribution < 1.29 is 18.7 Å². The Morgan fingerprint density at radius 2 is 2.19 bits per heavy atom. The molecular formula is C21H26N2O4. The van der Waals surface area contributed by atoms with Crippen molar-refractivity contribution >= 4 is 5.91 Å². The monoisotopic (exact) mass is 370 g/mol. The summed E-state index contributed by atoms with van der Waals surface area (Å²) in [4.78, 5) is 18.4. The second-order valence-corrected chi connectivity index (χ2v) is 7.37. The van der Waals surface area contributed by atoms with Crippen molar-refractivity contribution in [1.82, 2.24) is 9.88 Å². The molecule has 2 aromatic heterocycles. The Kier molecular flexibility index (Phi) is 5.55. The van der Waals surface area contributed by atoms with Gasteiger partial charge in [0.05, 0.1) is 18.5 Å². The van der Waals surface area contributed by atoms with E-state index in [2.05, 4.69) is 4.98 Å². The van der Waals surface area contributed by atoms with Crippen LogP contribution in [0.15, 0.2) is 47.3 Å². The predicted octanol–water partition coefficient (Wildman–Crippen LogP) is 3.29. The predicted molar refractivity (Wildman–Crippen MR) is 99.1 cm³/mol. The molecule has 4 rings (SSSR count). The van der Waals surface area contributed by atoms with E-state index in [4.69, 9.17) is 13.9 Å². The van der Waals surface area contributed by atoms with E-state index in [0.29, 0.717) is 31.4 Å². The van der Waals surface area contributed by atoms with Gasteiger partial charge in [0.25, 0.3) is 5.91 Å². The smallest absolute Gasteiger partial charge is 0.289 e. The van der Waals surface area contributed by atoms with Gasteiger partial charge in [-0.2, -0.15) is 0 Å². The van der Waals surface area contributed by atoms with Gasteiger partial charge in [-0.3, -0.25) is 9.78 Å². The maximum absolute atomic E-state index is 12.5. The summed E-state index contributed by atoms with van der Waals surface area (Å²) in [5.41, 5.74) is 0.997. The van der Waals surface area contributed by atoms with Gasteiger partial charge in [0.15, 0.2) is 5.76 Å². The molecule has 144 valence electrons. The minimum Gasteiger partial charge on any atom is -0.459 e. The molecule has 1 amide bonds. The number of amides is 1. The molecule has 1 atom stereocenters. The molecule has 4 heterocycles. The van der Waals surface area contributed by atoms with Crippen LogP contribution in [0.5, 0.6) is 0 Å². The minimum atomic E-state index is -0.0996. The summed E-state index contributed by atoms with van der Waals surface area (Å²) in [5, 5.41) is 0. The van der Waals surface area contributed by atoms with Crippen LogP contribution in [-0.2, 0) is 16.1 Å². The van der Waals surface area contributed by atoms with Crippen LogP contribution in [0.4, 0.5) is 0 Å². The third kappa shape index (κ3) is 4.06. The van der Waals surface area contributed by atoms with Crippen molar-refractivity contribution in [2.24, 2.45) is 5.92 Å². The standard InChI is InChI=1S/C21H26N2O4/c24-20(19-4-2-12-26-19)23-10-7-21(8-11-23)18(6-14-27-21)5-13-25-16-17-3-1-9-22-15-17/h1-4,9,12,15,18H,5-8,10-11,13-14,16H2/t18-/m0/s1. The Labute approximate surface area is 159 Å². The van der Waals surface area contributed by atoms with Crippen molar-refractivity contribution in [1.29, 1.82) is 0 Å². The highest BCUT2D eigenvalue weighted by Gasteiger charge is 2.46. The zero-order chi connectivity index (χ0) is 18.5. The molecule has 1 spiro atoms. The molecule has 2 aliphatic heterocycles. The average molecular weight is 370 g/mol. The van der Waals surface area contributed by atoms with Crippen molar-refractivity contribution in [3.8, 4) is 0 Å². The molecule has 0 aromatic carbocycles. The Morgan fingerprint density at radius 3 is 2.93 bits per heavy atom. The summed E-state index contributed by atoms with van der Waals surface area (Å²) >= 11 is 0. The second-order valence-electron chi connectivity index (χ2n) is 7.37. The summed E-state index contributed by atoms with van der Waals surface area (Å²) in [5.74, 6) is 0.884. The lowest BCUT2D eigenvalue weighted by atomic mass is 9.78. The summed E-state index contributed by atoms with van der Waals surface area (Å²) in [6.07, 6.45) is 8.98. The molecule has 6 nitrogen and oxygen atoms in total. The number of rotatable bonds is 6. The molecule has 0 N–H and O–H groups in total. The molecule has 6 heteroatoms. The second kappa shape index (κ2) is 8.23. The number of furan rings is 1. The Morgan fingerprint density at radius 1 is 1.30 bits per heavy atom. The van der Waals surface area contributed by atoms with Crippen molar-refractivity contribution in [3.63, 3.8) is 0 Å². The van der Waals surface area contributed by atoms with Gasteiger partial charge in [-0.15, -0.1) is 0 Å². The lowest BCUT2D eigenvalue weighted by molar-refractivity contribution is -0.0677. The minimum absolute atomic E-state index is 0.0239. The van der Waals surface area contributed by atoms with Gasteiger partial charge in [0.2, 0.25) is 0 Å². The number of hydrogen-bond donors (Lipinski definition) is 0. The summed E-state index contributed by atoms with van der Waals surface area (Å²) in [6.45, 7) is 3.55. The quantitative estimate of drug-likeness (QED) is 0.730. The molecule has 0 bridgehead atoms. The summed E-state index contributed by atoms with van der Waals surface area (Å²) in [7, 11) is 0. The highest BCUT2D eigenvalue weighted by atomic mass is 16.5. The van der Waals surface area contributed by atoms with Crippen LogP contribution in [0.3, 0.4) is 0 Å².